The number of carboxylic acid groups (broad SMARTS) is 1. The molecule has 0 fully saturated rings. The summed E-state index contributed by atoms with van der Waals surface area (Å²) in [5.74, 6) is -0.659. The first-order chi connectivity index (χ1) is 19.1. The van der Waals surface area contributed by atoms with Gasteiger partial charge in [0.1, 0.15) is 0 Å². The van der Waals surface area contributed by atoms with Crippen LogP contribution in [0.25, 0.3) is 0 Å². The van der Waals surface area contributed by atoms with Gasteiger partial charge in [-0.25, -0.2) is 0 Å². The highest BCUT2D eigenvalue weighted by atomic mass is 16.9. The molecule has 0 unspecified atom stereocenters. The Morgan fingerprint density at radius 3 is 1.13 bits per heavy atom. The van der Waals surface area contributed by atoms with Crippen molar-refractivity contribution in [3.05, 3.63) is 0 Å². The molecule has 0 saturated carbocycles. The fourth-order valence-electron chi connectivity index (χ4n) is 4.47. The summed E-state index contributed by atoms with van der Waals surface area (Å²) in [5.41, 5.74) is 0. The molecule has 39 heavy (non-hydrogen) atoms. The summed E-state index contributed by atoms with van der Waals surface area (Å²) in [7, 11) is 0. The lowest BCUT2D eigenvalue weighted by Crippen LogP contribution is -2.28. The Morgan fingerprint density at radius 2 is 0.821 bits per heavy atom. The second-order valence-electron chi connectivity index (χ2n) is 10.7. The van der Waals surface area contributed by atoms with Crippen LogP contribution in [-0.4, -0.2) is 59.5 Å². The highest BCUT2D eigenvalue weighted by Crippen LogP contribution is 2.13. The lowest BCUT2D eigenvalue weighted by Gasteiger charge is -2.20. The van der Waals surface area contributed by atoms with Crippen LogP contribution in [0.3, 0.4) is 0 Å². The van der Waals surface area contributed by atoms with Crippen LogP contribution in [0.2, 0.25) is 0 Å². The lowest BCUT2D eigenvalue weighted by atomic mass is 10.0. The van der Waals surface area contributed by atoms with Gasteiger partial charge in [-0.05, 0) is 12.8 Å². The van der Waals surface area contributed by atoms with Crippen molar-refractivity contribution >= 4 is 5.97 Å². The van der Waals surface area contributed by atoms with Gasteiger partial charge in [-0.15, -0.1) is 0 Å². The molecule has 0 spiro atoms. The molecule has 0 atom stereocenters. The first-order valence-corrected chi connectivity index (χ1v) is 16.6. The van der Waals surface area contributed by atoms with Crippen molar-refractivity contribution in [2.75, 3.05) is 33.0 Å². The van der Waals surface area contributed by atoms with E-state index in [4.69, 9.17) is 25.0 Å². The average molecular weight is 562 g/mol. The van der Waals surface area contributed by atoms with Crippen LogP contribution >= 0.6 is 0 Å². The van der Waals surface area contributed by atoms with Crippen LogP contribution in [-0.2, 0) is 14.5 Å². The third-order valence-corrected chi connectivity index (χ3v) is 6.84. The number of carboxylic acids is 1. The highest BCUT2D eigenvalue weighted by Gasteiger charge is 2.05. The molecule has 0 amide bonds. The molecule has 0 aliphatic rings. The van der Waals surface area contributed by atoms with Crippen molar-refractivity contribution in [3.8, 4) is 0 Å². The second-order valence-corrected chi connectivity index (χ2v) is 10.7. The molecule has 0 rings (SSSR count). The van der Waals surface area contributed by atoms with E-state index in [0.29, 0.717) is 13.0 Å². The Bertz CT molecular complexity index is 444. The summed E-state index contributed by atoms with van der Waals surface area (Å²) in [6.07, 6.45) is 30.2. The van der Waals surface area contributed by atoms with Crippen LogP contribution in [0.4, 0.5) is 0 Å². The van der Waals surface area contributed by atoms with E-state index in [0.717, 1.165) is 19.3 Å². The maximum absolute atomic E-state index is 10.2. The van der Waals surface area contributed by atoms with E-state index < -0.39 is 5.97 Å². The quantitative estimate of drug-likeness (QED) is 0.0575. The van der Waals surface area contributed by atoms with Crippen LogP contribution in [0.15, 0.2) is 0 Å². The van der Waals surface area contributed by atoms with E-state index in [-0.39, 0.29) is 26.4 Å². The monoisotopic (exact) mass is 561 g/mol. The molecule has 0 saturated heterocycles. The first kappa shape index (κ1) is 40.4. The van der Waals surface area contributed by atoms with Gasteiger partial charge in [-0.3, -0.25) is 14.5 Å². The van der Waals surface area contributed by atoms with Crippen LogP contribution < -0.4 is 0 Å². The zero-order valence-electron chi connectivity index (χ0n) is 26.0. The smallest absolute Gasteiger partial charge is 0.303 e. The molecule has 7 nitrogen and oxygen atoms in total. The lowest BCUT2D eigenvalue weighted by molar-refractivity contribution is -0.371. The van der Waals surface area contributed by atoms with E-state index in [2.05, 4.69) is 13.8 Å². The summed E-state index contributed by atoms with van der Waals surface area (Å²) >= 11 is 0. The molecule has 0 heterocycles. The largest absolute Gasteiger partial charge is 0.481 e. The number of aliphatic hydroxyl groups excluding tert-OH is 2. The normalized spacial score (nSPS) is 11.1. The summed E-state index contributed by atoms with van der Waals surface area (Å²) in [4.78, 5) is 20.7. The molecule has 0 aliphatic carbocycles. The standard InChI is InChI=1S/C20H43NO4.C12H24O2/c1-2-3-4-5-6-7-8-9-10-11-12-13-14-15-16-21(24-19-17-22)25-20-18-23;1-2-3-4-5-6-7-8-9-10-11-12(13)14/h22-23H,2-20H2,1H3;2-11H2,1H3,(H,13,14). The van der Waals surface area contributed by atoms with Crippen molar-refractivity contribution in [2.45, 2.75) is 168 Å². The zero-order chi connectivity index (χ0) is 29.1. The van der Waals surface area contributed by atoms with Gasteiger partial charge in [0.05, 0.1) is 33.0 Å². The minimum atomic E-state index is -0.659. The molecule has 0 aromatic rings. The number of hydroxylamine groups is 2. The van der Waals surface area contributed by atoms with Gasteiger partial charge in [0.15, 0.2) is 0 Å². The van der Waals surface area contributed by atoms with E-state index in [1.165, 1.54) is 134 Å². The summed E-state index contributed by atoms with van der Waals surface area (Å²) in [5, 5.41) is 27.4. The predicted octanol–water partition coefficient (Wildman–Crippen LogP) is 8.61. The predicted molar refractivity (Wildman–Crippen MR) is 163 cm³/mol. The van der Waals surface area contributed by atoms with E-state index >= 15 is 0 Å². The molecule has 7 heteroatoms. The van der Waals surface area contributed by atoms with Crippen LogP contribution in [0.5, 0.6) is 0 Å². The SMILES string of the molecule is CCCCCCCCCCCC(=O)O.CCCCCCCCCCCCCCCCN(OCCO)OCCO. The number of nitrogens with zero attached hydrogens (tertiary/aromatic N) is 1. The van der Waals surface area contributed by atoms with Crippen LogP contribution in [0.1, 0.15) is 168 Å². The Hall–Kier alpha value is -0.730. The summed E-state index contributed by atoms with van der Waals surface area (Å²) < 4.78 is 0. The van der Waals surface area contributed by atoms with Gasteiger partial charge in [-0.2, -0.15) is 0 Å². The minimum absolute atomic E-state index is 0.0300. The van der Waals surface area contributed by atoms with Gasteiger partial charge in [-0.1, -0.05) is 154 Å². The molecule has 3 N–H and O–H groups in total. The topological polar surface area (TPSA) is 99.5 Å². The number of unbranched alkanes of at least 4 members (excludes halogenated alkanes) is 21. The Labute approximate surface area is 241 Å². The summed E-state index contributed by atoms with van der Waals surface area (Å²) in [6.45, 7) is 5.57. The Kier molecular flexibility index (Phi) is 38.6. The number of aliphatic hydroxyl groups is 2. The van der Waals surface area contributed by atoms with Crippen molar-refractivity contribution in [1.82, 2.24) is 5.23 Å². The van der Waals surface area contributed by atoms with E-state index in [1.54, 1.807) is 0 Å². The average Bonchev–Trinajstić information content (AvgIpc) is 2.93. The summed E-state index contributed by atoms with van der Waals surface area (Å²) in [6, 6.07) is 0. The molecule has 0 bridgehead atoms. The van der Waals surface area contributed by atoms with Gasteiger partial charge < -0.3 is 15.3 Å². The van der Waals surface area contributed by atoms with Crippen LogP contribution in [0, 0.1) is 0 Å². The van der Waals surface area contributed by atoms with Gasteiger partial charge in [0, 0.05) is 6.42 Å². The maximum atomic E-state index is 10.2. The molecular weight excluding hydrogens is 494 g/mol. The number of carbonyl (C=O) groups is 1. The third-order valence-electron chi connectivity index (χ3n) is 6.84. The molecule has 0 radical (unpaired) electrons. The first-order valence-electron chi connectivity index (χ1n) is 16.6. The number of aliphatic carboxylic acids is 1. The number of rotatable bonds is 31. The number of hydrogen-bond donors (Lipinski definition) is 3. The Morgan fingerprint density at radius 1 is 0.513 bits per heavy atom. The van der Waals surface area contributed by atoms with Crippen molar-refractivity contribution in [1.29, 1.82) is 0 Å². The van der Waals surface area contributed by atoms with Crippen molar-refractivity contribution in [3.63, 3.8) is 0 Å². The van der Waals surface area contributed by atoms with E-state index in [1.807, 2.05) is 0 Å². The fraction of sp³-hybridized carbons (Fsp3) is 0.969. The second kappa shape index (κ2) is 37.3. The molecule has 0 aromatic carbocycles. The Balaban J connectivity index is 0. The van der Waals surface area contributed by atoms with Crippen molar-refractivity contribution in [2.24, 2.45) is 0 Å². The molecule has 0 aromatic heterocycles. The number of hydrogen-bond acceptors (Lipinski definition) is 6. The maximum Gasteiger partial charge on any atom is 0.303 e. The fourth-order valence-corrected chi connectivity index (χ4v) is 4.47. The van der Waals surface area contributed by atoms with Gasteiger partial charge in [0.25, 0.3) is 0 Å². The van der Waals surface area contributed by atoms with Crippen molar-refractivity contribution < 1.29 is 29.8 Å². The van der Waals surface area contributed by atoms with Gasteiger partial charge in [0.2, 0.25) is 0 Å². The zero-order valence-corrected chi connectivity index (χ0v) is 26.0. The van der Waals surface area contributed by atoms with E-state index in [9.17, 15) is 4.79 Å². The van der Waals surface area contributed by atoms with Gasteiger partial charge >= 0.3 is 5.97 Å². The third kappa shape index (κ3) is 39.5. The molecular formula is C32H67NO6. The molecule has 236 valence electrons. The minimum Gasteiger partial charge on any atom is -0.481 e. The highest BCUT2D eigenvalue weighted by molar-refractivity contribution is 5.66. The molecule has 0 aliphatic heterocycles.